The lowest BCUT2D eigenvalue weighted by Crippen LogP contribution is -1.98. The zero-order chi connectivity index (χ0) is 15.5. The number of hydrogen-bond acceptors (Lipinski definition) is 4. The molecular formula is C17H19N3O2. The van der Waals surface area contributed by atoms with Crippen LogP contribution in [0.4, 0.5) is 0 Å². The summed E-state index contributed by atoms with van der Waals surface area (Å²) >= 11 is 0. The van der Waals surface area contributed by atoms with E-state index in [1.165, 1.54) is 4.80 Å². The first-order chi connectivity index (χ1) is 10.7. The summed E-state index contributed by atoms with van der Waals surface area (Å²) in [6.45, 7) is 4.76. The number of fused-ring (bicyclic) bond motifs is 1. The number of aromatic nitrogens is 3. The lowest BCUT2D eigenvalue weighted by molar-refractivity contribution is 0.310. The molecule has 0 amide bonds. The first-order valence-electron chi connectivity index (χ1n) is 7.47. The highest BCUT2D eigenvalue weighted by atomic mass is 16.5. The molecule has 0 unspecified atom stereocenters. The average Bonchev–Trinajstić information content (AvgIpc) is 2.90. The lowest BCUT2D eigenvalue weighted by Gasteiger charge is -2.03. The molecule has 22 heavy (non-hydrogen) atoms. The zero-order valence-corrected chi connectivity index (χ0v) is 12.8. The standard InChI is InChI=1S/C17H19N3O2/c1-3-4-9-22-13-6-7-14-15(11-13)19-20(18-14)16-8-5-12(2)10-17(16)21/h5-8,10-11,21H,3-4,9H2,1-2H3. The Bertz CT molecular complexity index is 796. The second-order valence-electron chi connectivity index (χ2n) is 5.33. The molecular weight excluding hydrogens is 278 g/mol. The highest BCUT2D eigenvalue weighted by Gasteiger charge is 2.09. The molecule has 1 aromatic heterocycles. The van der Waals surface area contributed by atoms with Crippen molar-refractivity contribution in [2.24, 2.45) is 0 Å². The molecule has 0 aliphatic carbocycles. The molecule has 1 N–H and O–H groups in total. The van der Waals surface area contributed by atoms with Crippen LogP contribution in [0.3, 0.4) is 0 Å². The van der Waals surface area contributed by atoms with Crippen LogP contribution in [0.5, 0.6) is 11.5 Å². The van der Waals surface area contributed by atoms with Crippen molar-refractivity contribution in [1.29, 1.82) is 0 Å². The van der Waals surface area contributed by atoms with Crippen LogP contribution in [0.25, 0.3) is 16.7 Å². The van der Waals surface area contributed by atoms with Gasteiger partial charge in [0.05, 0.1) is 6.61 Å². The number of nitrogens with zero attached hydrogens (tertiary/aromatic N) is 3. The Balaban J connectivity index is 1.92. The van der Waals surface area contributed by atoms with E-state index in [9.17, 15) is 5.11 Å². The minimum atomic E-state index is 0.166. The largest absolute Gasteiger partial charge is 0.506 e. The van der Waals surface area contributed by atoms with Crippen LogP contribution < -0.4 is 4.74 Å². The number of benzene rings is 2. The van der Waals surface area contributed by atoms with Gasteiger partial charge in [0.2, 0.25) is 0 Å². The first kappa shape index (κ1) is 14.4. The van der Waals surface area contributed by atoms with E-state index in [0.717, 1.165) is 35.2 Å². The molecule has 1 heterocycles. The summed E-state index contributed by atoms with van der Waals surface area (Å²) in [6.07, 6.45) is 2.13. The third kappa shape index (κ3) is 2.88. The molecule has 3 aromatic rings. The summed E-state index contributed by atoms with van der Waals surface area (Å²) in [5.74, 6) is 0.959. The summed E-state index contributed by atoms with van der Waals surface area (Å²) in [5, 5.41) is 18.9. The zero-order valence-electron chi connectivity index (χ0n) is 12.8. The molecule has 0 saturated heterocycles. The van der Waals surface area contributed by atoms with Crippen LogP contribution in [0.1, 0.15) is 25.3 Å². The van der Waals surface area contributed by atoms with Gasteiger partial charge in [-0.25, -0.2) is 0 Å². The van der Waals surface area contributed by atoms with Gasteiger partial charge in [-0.05, 0) is 43.2 Å². The van der Waals surface area contributed by atoms with Gasteiger partial charge in [0.25, 0.3) is 0 Å². The van der Waals surface area contributed by atoms with Crippen molar-refractivity contribution < 1.29 is 9.84 Å². The van der Waals surface area contributed by atoms with Crippen LogP contribution >= 0.6 is 0 Å². The fraction of sp³-hybridized carbons (Fsp3) is 0.294. The minimum Gasteiger partial charge on any atom is -0.506 e. The summed E-state index contributed by atoms with van der Waals surface area (Å²) < 4.78 is 5.68. The number of phenols is 1. The van der Waals surface area contributed by atoms with Gasteiger partial charge in [-0.1, -0.05) is 19.4 Å². The number of aryl methyl sites for hydroxylation is 1. The summed E-state index contributed by atoms with van der Waals surface area (Å²) in [4.78, 5) is 1.45. The maximum Gasteiger partial charge on any atom is 0.143 e. The van der Waals surface area contributed by atoms with Gasteiger partial charge in [0.15, 0.2) is 0 Å². The van der Waals surface area contributed by atoms with Crippen LogP contribution in [0.2, 0.25) is 0 Å². The Hall–Kier alpha value is -2.56. The molecule has 0 saturated carbocycles. The molecule has 0 atom stereocenters. The number of ether oxygens (including phenoxy) is 1. The van der Waals surface area contributed by atoms with Gasteiger partial charge >= 0.3 is 0 Å². The Morgan fingerprint density at radius 1 is 1.09 bits per heavy atom. The molecule has 0 spiro atoms. The van der Waals surface area contributed by atoms with Crippen LogP contribution in [-0.2, 0) is 0 Å². The summed E-state index contributed by atoms with van der Waals surface area (Å²) in [7, 11) is 0. The normalized spacial score (nSPS) is 11.0. The molecule has 2 aromatic carbocycles. The van der Waals surface area contributed by atoms with E-state index in [1.54, 1.807) is 6.07 Å². The van der Waals surface area contributed by atoms with E-state index < -0.39 is 0 Å². The Morgan fingerprint density at radius 2 is 1.91 bits per heavy atom. The highest BCUT2D eigenvalue weighted by molar-refractivity contribution is 5.75. The van der Waals surface area contributed by atoms with Gasteiger partial charge < -0.3 is 9.84 Å². The van der Waals surface area contributed by atoms with Crippen LogP contribution in [0.15, 0.2) is 36.4 Å². The molecule has 3 rings (SSSR count). The molecule has 0 aliphatic heterocycles. The number of hydrogen-bond donors (Lipinski definition) is 1. The van der Waals surface area contributed by atoms with Gasteiger partial charge in [-0.3, -0.25) is 0 Å². The van der Waals surface area contributed by atoms with Crippen LogP contribution in [0, 0.1) is 6.92 Å². The Kier molecular flexibility index (Phi) is 3.96. The van der Waals surface area contributed by atoms with Gasteiger partial charge in [0, 0.05) is 6.07 Å². The van der Waals surface area contributed by atoms with Gasteiger partial charge in [0.1, 0.15) is 28.2 Å². The third-order valence-electron chi connectivity index (χ3n) is 3.46. The van der Waals surface area contributed by atoms with Crippen molar-refractivity contribution in [3.8, 4) is 17.2 Å². The van der Waals surface area contributed by atoms with Crippen molar-refractivity contribution in [1.82, 2.24) is 15.0 Å². The van der Waals surface area contributed by atoms with E-state index in [1.807, 2.05) is 37.3 Å². The number of rotatable bonds is 5. The quantitative estimate of drug-likeness (QED) is 0.731. The topological polar surface area (TPSA) is 60.2 Å². The predicted octanol–water partition coefficient (Wildman–Crippen LogP) is 3.61. The minimum absolute atomic E-state index is 0.166. The van der Waals surface area contributed by atoms with Crippen LogP contribution in [-0.4, -0.2) is 26.7 Å². The monoisotopic (exact) mass is 297 g/mol. The molecule has 114 valence electrons. The van der Waals surface area contributed by atoms with Crippen molar-refractivity contribution in [3.63, 3.8) is 0 Å². The first-order valence-corrected chi connectivity index (χ1v) is 7.47. The number of phenolic OH excluding ortho intramolecular Hbond substituents is 1. The lowest BCUT2D eigenvalue weighted by atomic mass is 10.2. The molecule has 0 radical (unpaired) electrons. The second-order valence-corrected chi connectivity index (χ2v) is 5.33. The average molecular weight is 297 g/mol. The smallest absolute Gasteiger partial charge is 0.143 e. The molecule has 0 bridgehead atoms. The third-order valence-corrected chi connectivity index (χ3v) is 3.46. The predicted molar refractivity (Wildman–Crippen MR) is 85.7 cm³/mol. The van der Waals surface area contributed by atoms with Crippen molar-refractivity contribution in [2.75, 3.05) is 6.61 Å². The maximum absolute atomic E-state index is 10.0. The van der Waals surface area contributed by atoms with Crippen molar-refractivity contribution >= 4 is 11.0 Å². The van der Waals surface area contributed by atoms with Gasteiger partial charge in [-0.2, -0.15) is 0 Å². The molecule has 0 fully saturated rings. The summed E-state index contributed by atoms with van der Waals surface area (Å²) in [6, 6.07) is 11.1. The molecule has 5 nitrogen and oxygen atoms in total. The Labute approximate surface area is 129 Å². The van der Waals surface area contributed by atoms with Crippen molar-refractivity contribution in [2.45, 2.75) is 26.7 Å². The highest BCUT2D eigenvalue weighted by Crippen LogP contribution is 2.24. The van der Waals surface area contributed by atoms with Crippen molar-refractivity contribution in [3.05, 3.63) is 42.0 Å². The molecule has 5 heteroatoms. The molecule has 0 aliphatic rings. The van der Waals surface area contributed by atoms with E-state index in [0.29, 0.717) is 12.3 Å². The maximum atomic E-state index is 10.0. The second kappa shape index (κ2) is 6.05. The summed E-state index contributed by atoms with van der Waals surface area (Å²) in [5.41, 5.74) is 3.07. The van der Waals surface area contributed by atoms with E-state index in [4.69, 9.17) is 4.74 Å². The number of aromatic hydroxyl groups is 1. The fourth-order valence-corrected chi connectivity index (χ4v) is 2.23. The van der Waals surface area contributed by atoms with Gasteiger partial charge in [-0.15, -0.1) is 15.0 Å². The fourth-order valence-electron chi connectivity index (χ4n) is 2.23. The Morgan fingerprint density at radius 3 is 2.68 bits per heavy atom. The SMILES string of the molecule is CCCCOc1ccc2nn(-c3ccc(C)cc3O)nc2c1. The van der Waals surface area contributed by atoms with E-state index in [2.05, 4.69) is 17.1 Å². The number of unbranched alkanes of at least 4 members (excludes halogenated alkanes) is 1. The van der Waals surface area contributed by atoms with E-state index in [-0.39, 0.29) is 5.75 Å². The van der Waals surface area contributed by atoms with E-state index >= 15 is 0 Å².